The predicted molar refractivity (Wildman–Crippen MR) is 80.2 cm³/mol. The lowest BCUT2D eigenvalue weighted by molar-refractivity contribution is -0.116. The lowest BCUT2D eigenvalue weighted by Crippen LogP contribution is -2.34. The number of fused-ring (bicyclic) bond motifs is 1. The van der Waals surface area contributed by atoms with Crippen LogP contribution in [0.25, 0.3) is 0 Å². The zero-order valence-corrected chi connectivity index (χ0v) is 12.5. The summed E-state index contributed by atoms with van der Waals surface area (Å²) in [5, 5.41) is 0.133. The van der Waals surface area contributed by atoms with E-state index in [1.165, 1.54) is 6.07 Å². The maximum atomic E-state index is 13.2. The fourth-order valence-corrected chi connectivity index (χ4v) is 2.94. The Balaban J connectivity index is 1.80. The van der Waals surface area contributed by atoms with Gasteiger partial charge < -0.3 is 9.80 Å². The van der Waals surface area contributed by atoms with E-state index >= 15 is 0 Å². The second-order valence-electron chi connectivity index (χ2n) is 5.50. The SMILES string of the molecule is CN1C=C2CCN(Cc3ccc(F)c(Cl)c3)C=C2C(=O)C1. The third kappa shape index (κ3) is 2.95. The highest BCUT2D eigenvalue weighted by Crippen LogP contribution is 2.27. The van der Waals surface area contributed by atoms with Gasteiger partial charge in [-0.2, -0.15) is 0 Å². The summed E-state index contributed by atoms with van der Waals surface area (Å²) in [6.07, 6.45) is 4.80. The number of halogens is 2. The summed E-state index contributed by atoms with van der Waals surface area (Å²) in [7, 11) is 1.91. The highest BCUT2D eigenvalue weighted by Gasteiger charge is 2.25. The third-order valence-electron chi connectivity index (χ3n) is 3.77. The molecule has 0 atom stereocenters. The molecule has 5 heteroatoms. The van der Waals surface area contributed by atoms with E-state index in [0.29, 0.717) is 13.1 Å². The molecule has 1 aromatic rings. The van der Waals surface area contributed by atoms with Crippen LogP contribution in [0.15, 0.2) is 41.7 Å². The van der Waals surface area contributed by atoms with Gasteiger partial charge in [0, 0.05) is 38.1 Å². The second kappa shape index (κ2) is 5.53. The van der Waals surface area contributed by atoms with Crippen molar-refractivity contribution in [2.45, 2.75) is 13.0 Å². The van der Waals surface area contributed by atoms with E-state index in [1.54, 1.807) is 12.1 Å². The topological polar surface area (TPSA) is 23.6 Å². The van der Waals surface area contributed by atoms with Gasteiger partial charge in [-0.05, 0) is 29.7 Å². The highest BCUT2D eigenvalue weighted by molar-refractivity contribution is 6.30. The van der Waals surface area contributed by atoms with Crippen LogP contribution in [0.5, 0.6) is 0 Å². The number of benzene rings is 1. The molecule has 2 aliphatic heterocycles. The molecule has 3 rings (SSSR count). The van der Waals surface area contributed by atoms with Crippen molar-refractivity contribution in [1.82, 2.24) is 9.80 Å². The van der Waals surface area contributed by atoms with Crippen molar-refractivity contribution in [1.29, 1.82) is 0 Å². The molecule has 0 amide bonds. The molecule has 2 aliphatic rings. The van der Waals surface area contributed by atoms with Gasteiger partial charge in [-0.1, -0.05) is 17.7 Å². The Hall–Kier alpha value is -1.81. The first-order valence-corrected chi connectivity index (χ1v) is 7.25. The number of carbonyl (C=O) groups excluding carboxylic acids is 1. The summed E-state index contributed by atoms with van der Waals surface area (Å²) in [5.74, 6) is -0.259. The monoisotopic (exact) mass is 306 g/mol. The van der Waals surface area contributed by atoms with Crippen LogP contribution in [0, 0.1) is 5.82 Å². The standard InChI is InChI=1S/C16H16ClFN2O/c1-19-8-12-4-5-20(9-13(12)16(21)10-19)7-11-2-3-15(18)14(17)6-11/h2-3,6,8-9H,4-5,7,10H2,1H3. The van der Waals surface area contributed by atoms with E-state index in [4.69, 9.17) is 11.6 Å². The van der Waals surface area contributed by atoms with Crippen LogP contribution in [-0.2, 0) is 11.3 Å². The summed E-state index contributed by atoms with van der Waals surface area (Å²) in [4.78, 5) is 16.1. The van der Waals surface area contributed by atoms with Crippen molar-refractivity contribution in [3.63, 3.8) is 0 Å². The van der Waals surface area contributed by atoms with Crippen molar-refractivity contribution in [2.75, 3.05) is 20.1 Å². The summed E-state index contributed by atoms with van der Waals surface area (Å²) < 4.78 is 13.2. The van der Waals surface area contributed by atoms with Crippen molar-refractivity contribution >= 4 is 17.4 Å². The molecule has 0 fully saturated rings. The average Bonchev–Trinajstić information content (AvgIpc) is 2.43. The van der Waals surface area contributed by atoms with Gasteiger partial charge in [0.05, 0.1) is 11.6 Å². The van der Waals surface area contributed by atoms with Crippen LogP contribution in [0.1, 0.15) is 12.0 Å². The summed E-state index contributed by atoms with van der Waals surface area (Å²) >= 11 is 5.80. The third-order valence-corrected chi connectivity index (χ3v) is 4.05. The quantitative estimate of drug-likeness (QED) is 0.839. The Labute approximate surface area is 128 Å². The number of Topliss-reactive ketones (excluding diaryl/α,β-unsaturated/α-hetero) is 1. The number of likely N-dealkylation sites (N-methyl/N-ethyl adjacent to an activating group) is 1. The van der Waals surface area contributed by atoms with Crippen LogP contribution in [0.4, 0.5) is 4.39 Å². The molecule has 0 unspecified atom stereocenters. The molecular weight excluding hydrogens is 291 g/mol. The van der Waals surface area contributed by atoms with Crippen LogP contribution in [0.2, 0.25) is 5.02 Å². The first kappa shape index (κ1) is 14.1. The lowest BCUT2D eigenvalue weighted by Gasteiger charge is -2.32. The summed E-state index contributed by atoms with van der Waals surface area (Å²) in [6.45, 7) is 1.89. The van der Waals surface area contributed by atoms with Gasteiger partial charge in [-0.25, -0.2) is 4.39 Å². The molecule has 2 heterocycles. The Bertz CT molecular complexity index is 654. The molecule has 0 bridgehead atoms. The number of hydrogen-bond donors (Lipinski definition) is 0. The van der Waals surface area contributed by atoms with Crippen molar-refractivity contribution < 1.29 is 9.18 Å². The van der Waals surface area contributed by atoms with Gasteiger partial charge in [0.25, 0.3) is 0 Å². The van der Waals surface area contributed by atoms with Gasteiger partial charge in [0.2, 0.25) is 0 Å². The zero-order valence-electron chi connectivity index (χ0n) is 11.8. The number of rotatable bonds is 2. The molecule has 1 aromatic carbocycles. The molecule has 110 valence electrons. The summed E-state index contributed by atoms with van der Waals surface area (Å²) in [5.41, 5.74) is 2.83. The van der Waals surface area contributed by atoms with E-state index in [1.807, 2.05) is 24.3 Å². The van der Waals surface area contributed by atoms with Crippen molar-refractivity contribution in [3.8, 4) is 0 Å². The maximum absolute atomic E-state index is 13.2. The minimum absolute atomic E-state index is 0.133. The first-order chi connectivity index (χ1) is 10.0. The van der Waals surface area contributed by atoms with E-state index in [-0.39, 0.29) is 10.8 Å². The summed E-state index contributed by atoms with van der Waals surface area (Å²) in [6, 6.07) is 4.74. The van der Waals surface area contributed by atoms with Crippen molar-refractivity contribution in [3.05, 3.63) is 58.1 Å². The van der Waals surface area contributed by atoms with Gasteiger partial charge in [-0.15, -0.1) is 0 Å². The predicted octanol–water partition coefficient (Wildman–Crippen LogP) is 2.97. The zero-order chi connectivity index (χ0) is 15.0. The molecule has 3 nitrogen and oxygen atoms in total. The smallest absolute Gasteiger partial charge is 0.183 e. The molecular formula is C16H16ClFN2O. The van der Waals surface area contributed by atoms with E-state index in [0.717, 1.165) is 29.7 Å². The molecule has 0 aliphatic carbocycles. The number of carbonyl (C=O) groups is 1. The van der Waals surface area contributed by atoms with Crippen molar-refractivity contribution in [2.24, 2.45) is 0 Å². The second-order valence-corrected chi connectivity index (χ2v) is 5.91. The van der Waals surface area contributed by atoms with Gasteiger partial charge in [0.1, 0.15) is 5.82 Å². The maximum Gasteiger partial charge on any atom is 0.183 e. The van der Waals surface area contributed by atoms with E-state index in [9.17, 15) is 9.18 Å². The fraction of sp³-hybridized carbons (Fsp3) is 0.312. The average molecular weight is 307 g/mol. The molecule has 0 saturated heterocycles. The van der Waals surface area contributed by atoms with Crippen LogP contribution < -0.4 is 0 Å². The minimum Gasteiger partial charge on any atom is -0.372 e. The van der Waals surface area contributed by atoms with Gasteiger partial charge in [-0.3, -0.25) is 4.79 Å². The highest BCUT2D eigenvalue weighted by atomic mass is 35.5. The lowest BCUT2D eigenvalue weighted by atomic mass is 9.94. The molecule has 0 saturated carbocycles. The van der Waals surface area contributed by atoms with Crippen LogP contribution in [-0.4, -0.2) is 35.7 Å². The van der Waals surface area contributed by atoms with Crippen LogP contribution >= 0.6 is 11.6 Å². The molecule has 21 heavy (non-hydrogen) atoms. The molecule has 0 radical (unpaired) electrons. The van der Waals surface area contributed by atoms with Gasteiger partial charge in [0.15, 0.2) is 5.78 Å². The Morgan fingerprint density at radius 2 is 2.14 bits per heavy atom. The van der Waals surface area contributed by atoms with Gasteiger partial charge >= 0.3 is 0 Å². The van der Waals surface area contributed by atoms with Crippen LogP contribution in [0.3, 0.4) is 0 Å². The Morgan fingerprint density at radius 1 is 1.33 bits per heavy atom. The number of ketones is 1. The minimum atomic E-state index is -0.409. The molecule has 0 aromatic heterocycles. The Morgan fingerprint density at radius 3 is 2.90 bits per heavy atom. The largest absolute Gasteiger partial charge is 0.372 e. The molecule has 0 N–H and O–H groups in total. The van der Waals surface area contributed by atoms with E-state index in [2.05, 4.69) is 4.90 Å². The first-order valence-electron chi connectivity index (χ1n) is 6.87. The number of hydrogen-bond acceptors (Lipinski definition) is 3. The Kier molecular flexibility index (Phi) is 3.72. The van der Waals surface area contributed by atoms with E-state index < -0.39 is 5.82 Å². The number of nitrogens with zero attached hydrogens (tertiary/aromatic N) is 2. The fourth-order valence-electron chi connectivity index (χ4n) is 2.73. The molecule has 0 spiro atoms. The normalized spacial score (nSPS) is 18.3.